The van der Waals surface area contributed by atoms with Crippen LogP contribution in [0.15, 0.2) is 59.1 Å². The lowest BCUT2D eigenvalue weighted by molar-refractivity contribution is 0.307. The number of ether oxygens (including phenoxy) is 1. The van der Waals surface area contributed by atoms with Crippen LogP contribution in [0.1, 0.15) is 5.56 Å². The van der Waals surface area contributed by atoms with Crippen molar-refractivity contribution in [1.29, 1.82) is 0 Å². The number of hydrogen-bond donors (Lipinski definition) is 1. The van der Waals surface area contributed by atoms with Gasteiger partial charge in [0.1, 0.15) is 17.5 Å². The molecule has 1 aromatic heterocycles. The zero-order valence-electron chi connectivity index (χ0n) is 12.0. The van der Waals surface area contributed by atoms with Crippen LogP contribution in [-0.2, 0) is 6.61 Å². The van der Waals surface area contributed by atoms with Gasteiger partial charge in [0, 0.05) is 16.1 Å². The molecule has 3 rings (SSSR count). The Morgan fingerprint density at radius 1 is 1.04 bits per heavy atom. The summed E-state index contributed by atoms with van der Waals surface area (Å²) >= 11 is 9.44. The lowest BCUT2D eigenvalue weighted by atomic mass is 10.1. The molecule has 2 N–H and O–H groups in total. The number of halogens is 2. The van der Waals surface area contributed by atoms with Crippen LogP contribution in [0.2, 0.25) is 5.15 Å². The molecule has 1 heterocycles. The van der Waals surface area contributed by atoms with Gasteiger partial charge >= 0.3 is 0 Å². The van der Waals surface area contributed by atoms with Crippen molar-refractivity contribution in [2.75, 3.05) is 5.73 Å². The molecule has 0 aliphatic rings. The highest BCUT2D eigenvalue weighted by molar-refractivity contribution is 9.10. The fourth-order valence-corrected chi connectivity index (χ4v) is 2.69. The van der Waals surface area contributed by atoms with E-state index in [1.54, 1.807) is 6.07 Å². The number of nitrogen functional groups attached to an aromatic ring is 1. The number of nitrogens with two attached hydrogens (primary N) is 1. The second-order valence-electron chi connectivity index (χ2n) is 4.85. The van der Waals surface area contributed by atoms with Crippen molar-refractivity contribution in [1.82, 2.24) is 9.97 Å². The van der Waals surface area contributed by atoms with Crippen LogP contribution in [0.4, 0.5) is 5.95 Å². The van der Waals surface area contributed by atoms with Crippen molar-refractivity contribution in [2.45, 2.75) is 6.61 Å². The standard InChI is InChI=1S/C17H13BrClN3O/c18-12-6-7-15(23-10-11-4-2-1-3-5-11)13(8-12)14-9-16(19)22-17(20)21-14/h1-9H,10H2,(H2,20,21,22). The van der Waals surface area contributed by atoms with Gasteiger partial charge in [0.25, 0.3) is 0 Å². The molecule has 23 heavy (non-hydrogen) atoms. The van der Waals surface area contributed by atoms with E-state index in [0.29, 0.717) is 23.2 Å². The quantitative estimate of drug-likeness (QED) is 0.655. The number of hydrogen-bond acceptors (Lipinski definition) is 4. The Morgan fingerprint density at radius 2 is 1.83 bits per heavy atom. The minimum Gasteiger partial charge on any atom is -0.488 e. The number of nitrogens with zero attached hydrogens (tertiary/aromatic N) is 2. The maximum atomic E-state index is 5.98. The molecule has 0 saturated heterocycles. The molecule has 0 aliphatic carbocycles. The molecule has 0 atom stereocenters. The van der Waals surface area contributed by atoms with E-state index in [0.717, 1.165) is 15.6 Å². The van der Waals surface area contributed by atoms with Crippen LogP contribution < -0.4 is 10.5 Å². The minimum absolute atomic E-state index is 0.126. The van der Waals surface area contributed by atoms with E-state index in [4.69, 9.17) is 22.1 Å². The molecule has 2 aromatic carbocycles. The zero-order valence-corrected chi connectivity index (χ0v) is 14.4. The topological polar surface area (TPSA) is 61.0 Å². The molecule has 6 heteroatoms. The van der Waals surface area contributed by atoms with Crippen LogP contribution in [0.3, 0.4) is 0 Å². The van der Waals surface area contributed by atoms with Gasteiger partial charge in [-0.25, -0.2) is 9.97 Å². The number of rotatable bonds is 4. The molecule has 0 bridgehead atoms. The Bertz CT molecular complexity index is 807. The van der Waals surface area contributed by atoms with Crippen LogP contribution in [0.25, 0.3) is 11.3 Å². The predicted octanol–water partition coefficient (Wildman–Crippen LogP) is 4.72. The third kappa shape index (κ3) is 4.00. The first kappa shape index (κ1) is 15.8. The van der Waals surface area contributed by atoms with Crippen LogP contribution in [-0.4, -0.2) is 9.97 Å². The molecule has 0 saturated carbocycles. The molecular formula is C17H13BrClN3O. The number of benzene rings is 2. The minimum atomic E-state index is 0.126. The monoisotopic (exact) mass is 389 g/mol. The van der Waals surface area contributed by atoms with Gasteiger partial charge in [-0.3, -0.25) is 0 Å². The second-order valence-corrected chi connectivity index (χ2v) is 6.15. The zero-order chi connectivity index (χ0) is 16.2. The van der Waals surface area contributed by atoms with Crippen LogP contribution >= 0.6 is 27.5 Å². The van der Waals surface area contributed by atoms with Gasteiger partial charge in [0.15, 0.2) is 0 Å². The Kier molecular flexibility index (Phi) is 4.79. The van der Waals surface area contributed by atoms with Crippen molar-refractivity contribution in [3.63, 3.8) is 0 Å². The summed E-state index contributed by atoms with van der Waals surface area (Å²) in [5.41, 5.74) is 8.19. The first-order valence-electron chi connectivity index (χ1n) is 6.88. The smallest absolute Gasteiger partial charge is 0.221 e. The molecule has 0 aliphatic heterocycles. The fourth-order valence-electron chi connectivity index (χ4n) is 2.14. The van der Waals surface area contributed by atoms with Gasteiger partial charge in [-0.2, -0.15) is 0 Å². The van der Waals surface area contributed by atoms with Gasteiger partial charge in [-0.1, -0.05) is 57.9 Å². The molecule has 0 spiro atoms. The highest BCUT2D eigenvalue weighted by Crippen LogP contribution is 2.33. The third-order valence-corrected chi connectivity index (χ3v) is 3.85. The summed E-state index contributed by atoms with van der Waals surface area (Å²) in [7, 11) is 0. The van der Waals surface area contributed by atoms with Crippen molar-refractivity contribution in [3.05, 3.63) is 69.8 Å². The Labute approximate surface area is 147 Å². The summed E-state index contributed by atoms with van der Waals surface area (Å²) < 4.78 is 6.86. The second kappa shape index (κ2) is 6.98. The number of aromatic nitrogens is 2. The highest BCUT2D eigenvalue weighted by atomic mass is 79.9. The molecule has 4 nitrogen and oxygen atoms in total. The van der Waals surface area contributed by atoms with Gasteiger partial charge in [-0.15, -0.1) is 0 Å². The van der Waals surface area contributed by atoms with E-state index in [1.165, 1.54) is 0 Å². The van der Waals surface area contributed by atoms with E-state index in [1.807, 2.05) is 48.5 Å². The summed E-state index contributed by atoms with van der Waals surface area (Å²) in [5, 5.41) is 0.293. The Hall–Kier alpha value is -2.11. The Balaban J connectivity index is 1.94. The molecule has 3 aromatic rings. The summed E-state index contributed by atoms with van der Waals surface area (Å²) in [6.07, 6.45) is 0. The van der Waals surface area contributed by atoms with Crippen LogP contribution in [0.5, 0.6) is 5.75 Å². The molecule has 116 valence electrons. The summed E-state index contributed by atoms with van der Waals surface area (Å²) in [5.74, 6) is 0.827. The average molecular weight is 391 g/mol. The van der Waals surface area contributed by atoms with Crippen molar-refractivity contribution >= 4 is 33.5 Å². The van der Waals surface area contributed by atoms with E-state index in [2.05, 4.69) is 25.9 Å². The summed E-state index contributed by atoms with van der Waals surface area (Å²) in [6, 6.07) is 17.3. The van der Waals surface area contributed by atoms with Crippen molar-refractivity contribution in [3.8, 4) is 17.0 Å². The van der Waals surface area contributed by atoms with Gasteiger partial charge in [0.05, 0.1) is 5.69 Å². The molecule has 0 unspecified atom stereocenters. The maximum absolute atomic E-state index is 5.98. The molecule has 0 fully saturated rings. The third-order valence-electron chi connectivity index (χ3n) is 3.17. The normalized spacial score (nSPS) is 10.5. The molecular weight excluding hydrogens is 378 g/mol. The van der Waals surface area contributed by atoms with Crippen molar-refractivity contribution in [2.24, 2.45) is 0 Å². The van der Waals surface area contributed by atoms with E-state index in [-0.39, 0.29) is 5.95 Å². The fraction of sp³-hybridized carbons (Fsp3) is 0.0588. The first-order chi connectivity index (χ1) is 11.1. The average Bonchev–Trinajstić information content (AvgIpc) is 2.54. The lowest BCUT2D eigenvalue weighted by Gasteiger charge is -2.12. The SMILES string of the molecule is Nc1nc(Cl)cc(-c2cc(Br)ccc2OCc2ccccc2)n1. The van der Waals surface area contributed by atoms with Gasteiger partial charge in [-0.05, 0) is 23.8 Å². The van der Waals surface area contributed by atoms with Crippen LogP contribution in [0, 0.1) is 0 Å². The lowest BCUT2D eigenvalue weighted by Crippen LogP contribution is -2.00. The van der Waals surface area contributed by atoms with E-state index in [9.17, 15) is 0 Å². The first-order valence-corrected chi connectivity index (χ1v) is 8.05. The maximum Gasteiger partial charge on any atom is 0.221 e. The number of anilines is 1. The largest absolute Gasteiger partial charge is 0.488 e. The summed E-state index contributed by atoms with van der Waals surface area (Å²) in [6.45, 7) is 0.462. The van der Waals surface area contributed by atoms with Gasteiger partial charge in [0.2, 0.25) is 5.95 Å². The molecule has 0 radical (unpaired) electrons. The Morgan fingerprint density at radius 3 is 2.57 bits per heavy atom. The highest BCUT2D eigenvalue weighted by Gasteiger charge is 2.11. The van der Waals surface area contributed by atoms with Gasteiger partial charge < -0.3 is 10.5 Å². The van der Waals surface area contributed by atoms with E-state index < -0.39 is 0 Å². The van der Waals surface area contributed by atoms with E-state index >= 15 is 0 Å². The predicted molar refractivity (Wildman–Crippen MR) is 95.4 cm³/mol. The molecule has 0 amide bonds. The summed E-state index contributed by atoms with van der Waals surface area (Å²) in [4.78, 5) is 8.13. The van der Waals surface area contributed by atoms with Crippen molar-refractivity contribution < 1.29 is 4.74 Å².